The molecule has 0 bridgehead atoms. The molecule has 36 heavy (non-hydrogen) atoms. The molecular weight excluding hydrogens is 456 g/mol. The number of aromatic nitrogens is 4. The van der Waals surface area contributed by atoms with E-state index in [1.54, 1.807) is 23.9 Å². The van der Waals surface area contributed by atoms with Gasteiger partial charge in [-0.05, 0) is 59.7 Å². The van der Waals surface area contributed by atoms with E-state index in [9.17, 15) is 4.79 Å². The highest BCUT2D eigenvalue weighted by Crippen LogP contribution is 2.36. The van der Waals surface area contributed by atoms with Crippen LogP contribution in [0.2, 0.25) is 0 Å². The number of nitrogens with zero attached hydrogens (tertiary/aromatic N) is 4. The van der Waals surface area contributed by atoms with Gasteiger partial charge in [-0.15, -0.1) is 0 Å². The third-order valence-corrected chi connectivity index (χ3v) is 6.04. The number of aryl methyl sites for hydroxylation is 1. The maximum atomic E-state index is 13.5. The van der Waals surface area contributed by atoms with Gasteiger partial charge in [0.25, 0.3) is 5.91 Å². The standard InChI is InChI=1S/C27H26N6O3/c1-17-8-10-19(11-9-17)16-36-21-14-12-20(13-15-21)25-24(18(2)28-27-30-31-32-33(25)27)26(34)29-22-6-4-5-7-23(22)35-3/h4-15,25H,16H2,1-3H3,(H,29,34)(H,28,30,32)/t25-/m1/s1. The number of carbonyl (C=O) groups excluding carboxylic acids is 1. The minimum atomic E-state index is -0.530. The second-order valence-corrected chi connectivity index (χ2v) is 8.51. The van der Waals surface area contributed by atoms with Crippen LogP contribution in [-0.2, 0) is 11.4 Å². The van der Waals surface area contributed by atoms with Gasteiger partial charge in [0.1, 0.15) is 24.1 Å². The second kappa shape index (κ2) is 9.91. The van der Waals surface area contributed by atoms with Crippen molar-refractivity contribution < 1.29 is 14.3 Å². The summed E-state index contributed by atoms with van der Waals surface area (Å²) in [7, 11) is 1.57. The Balaban J connectivity index is 1.41. The third kappa shape index (κ3) is 4.63. The van der Waals surface area contributed by atoms with Crippen molar-refractivity contribution in [1.82, 2.24) is 20.2 Å². The first-order valence-corrected chi connectivity index (χ1v) is 11.5. The molecule has 1 aliphatic heterocycles. The summed E-state index contributed by atoms with van der Waals surface area (Å²) in [6, 6.07) is 22.6. The Bertz CT molecular complexity index is 1410. The largest absolute Gasteiger partial charge is 0.495 e. The van der Waals surface area contributed by atoms with Crippen LogP contribution in [0.25, 0.3) is 0 Å². The van der Waals surface area contributed by atoms with E-state index >= 15 is 0 Å². The lowest BCUT2D eigenvalue weighted by atomic mass is 9.95. The number of fused-ring (bicyclic) bond motifs is 1. The SMILES string of the molecule is COc1ccccc1NC(=O)C1=C(C)Nc2nnnn2[C@@H]1c1ccc(OCc2ccc(C)cc2)cc1. The maximum Gasteiger partial charge on any atom is 0.255 e. The monoisotopic (exact) mass is 482 g/mol. The molecule has 2 N–H and O–H groups in total. The summed E-state index contributed by atoms with van der Waals surface area (Å²) in [5, 5.41) is 18.1. The van der Waals surface area contributed by atoms with Gasteiger partial charge in [-0.25, -0.2) is 0 Å². The molecule has 5 rings (SSSR count). The average Bonchev–Trinajstić information content (AvgIpc) is 3.36. The zero-order chi connectivity index (χ0) is 25.1. The van der Waals surface area contributed by atoms with E-state index in [2.05, 4.69) is 57.3 Å². The number of tetrazole rings is 1. The molecular formula is C27H26N6O3. The number of nitrogens with one attached hydrogen (secondary N) is 2. The van der Waals surface area contributed by atoms with E-state index in [1.165, 1.54) is 5.56 Å². The van der Waals surface area contributed by atoms with Gasteiger partial charge in [0.15, 0.2) is 0 Å². The van der Waals surface area contributed by atoms with Crippen molar-refractivity contribution in [2.45, 2.75) is 26.5 Å². The van der Waals surface area contributed by atoms with Gasteiger partial charge >= 0.3 is 0 Å². The molecule has 0 spiro atoms. The number of methoxy groups -OCH3 is 1. The maximum absolute atomic E-state index is 13.5. The summed E-state index contributed by atoms with van der Waals surface area (Å²) in [5.74, 6) is 1.48. The lowest BCUT2D eigenvalue weighted by Crippen LogP contribution is -2.31. The Labute approximate surface area is 208 Å². The van der Waals surface area contributed by atoms with Gasteiger partial charge in [0, 0.05) is 5.70 Å². The van der Waals surface area contributed by atoms with Crippen molar-refractivity contribution in [3.8, 4) is 11.5 Å². The number of carbonyl (C=O) groups is 1. The van der Waals surface area contributed by atoms with Gasteiger partial charge in [-0.1, -0.05) is 59.2 Å². The average molecular weight is 483 g/mol. The molecule has 0 saturated heterocycles. The normalized spacial score (nSPS) is 14.6. The zero-order valence-electron chi connectivity index (χ0n) is 20.2. The van der Waals surface area contributed by atoms with E-state index in [0.29, 0.717) is 35.3 Å². The Morgan fingerprint density at radius 3 is 2.53 bits per heavy atom. The number of hydrogen-bond acceptors (Lipinski definition) is 7. The van der Waals surface area contributed by atoms with E-state index < -0.39 is 6.04 Å². The summed E-state index contributed by atoms with van der Waals surface area (Å²) in [6.07, 6.45) is 0. The van der Waals surface area contributed by atoms with Crippen molar-refractivity contribution in [1.29, 1.82) is 0 Å². The van der Waals surface area contributed by atoms with Gasteiger partial charge in [-0.3, -0.25) is 4.79 Å². The Kier molecular flexibility index (Phi) is 6.36. The summed E-state index contributed by atoms with van der Waals surface area (Å²) < 4.78 is 13.0. The molecule has 9 nitrogen and oxygen atoms in total. The first-order valence-electron chi connectivity index (χ1n) is 11.5. The minimum Gasteiger partial charge on any atom is -0.495 e. The number of para-hydroxylation sites is 2. The summed E-state index contributed by atoms with van der Waals surface area (Å²) in [6.45, 7) is 4.36. The molecule has 1 aliphatic rings. The van der Waals surface area contributed by atoms with Gasteiger partial charge in [0.2, 0.25) is 5.95 Å². The molecule has 0 radical (unpaired) electrons. The van der Waals surface area contributed by atoms with Crippen LogP contribution < -0.4 is 20.1 Å². The molecule has 0 unspecified atom stereocenters. The van der Waals surface area contributed by atoms with Crippen molar-refractivity contribution in [2.24, 2.45) is 0 Å². The topological polar surface area (TPSA) is 103 Å². The van der Waals surface area contributed by atoms with Crippen LogP contribution in [0.1, 0.15) is 29.7 Å². The van der Waals surface area contributed by atoms with Crippen LogP contribution in [0.15, 0.2) is 84.1 Å². The van der Waals surface area contributed by atoms with Crippen molar-refractivity contribution in [2.75, 3.05) is 17.7 Å². The molecule has 0 fully saturated rings. The minimum absolute atomic E-state index is 0.282. The molecule has 0 saturated carbocycles. The van der Waals surface area contributed by atoms with Gasteiger partial charge < -0.3 is 20.1 Å². The van der Waals surface area contributed by atoms with Crippen LogP contribution in [0.4, 0.5) is 11.6 Å². The van der Waals surface area contributed by atoms with Crippen LogP contribution >= 0.6 is 0 Å². The number of benzene rings is 3. The fourth-order valence-electron chi connectivity index (χ4n) is 4.15. The highest BCUT2D eigenvalue weighted by molar-refractivity contribution is 6.06. The zero-order valence-corrected chi connectivity index (χ0v) is 20.2. The van der Waals surface area contributed by atoms with Crippen molar-refractivity contribution in [3.05, 3.63) is 101 Å². The third-order valence-electron chi connectivity index (χ3n) is 6.04. The molecule has 1 amide bonds. The number of allylic oxidation sites excluding steroid dienone is 1. The summed E-state index contributed by atoms with van der Waals surface area (Å²) in [5.41, 5.74) is 4.88. The second-order valence-electron chi connectivity index (χ2n) is 8.51. The lowest BCUT2D eigenvalue weighted by Gasteiger charge is -2.28. The first kappa shape index (κ1) is 23.1. The molecule has 1 atom stereocenters. The molecule has 182 valence electrons. The quantitative estimate of drug-likeness (QED) is 0.400. The van der Waals surface area contributed by atoms with Crippen LogP contribution in [0, 0.1) is 6.92 Å². The molecule has 0 aliphatic carbocycles. The van der Waals surface area contributed by atoms with E-state index in [1.807, 2.05) is 43.3 Å². The highest BCUT2D eigenvalue weighted by atomic mass is 16.5. The predicted molar refractivity (Wildman–Crippen MR) is 136 cm³/mol. The van der Waals surface area contributed by atoms with E-state index in [4.69, 9.17) is 9.47 Å². The molecule has 3 aromatic carbocycles. The molecule has 1 aromatic heterocycles. The Morgan fingerprint density at radius 2 is 1.78 bits per heavy atom. The fraction of sp³-hybridized carbons (Fsp3) is 0.185. The molecule has 4 aromatic rings. The number of amides is 1. The smallest absolute Gasteiger partial charge is 0.255 e. The van der Waals surface area contributed by atoms with E-state index in [-0.39, 0.29) is 5.91 Å². The predicted octanol–water partition coefficient (Wildman–Crippen LogP) is 4.50. The fourth-order valence-corrected chi connectivity index (χ4v) is 4.15. The Hall–Kier alpha value is -4.66. The highest BCUT2D eigenvalue weighted by Gasteiger charge is 2.34. The van der Waals surface area contributed by atoms with Crippen molar-refractivity contribution >= 4 is 17.5 Å². The van der Waals surface area contributed by atoms with Gasteiger partial charge in [-0.2, -0.15) is 4.68 Å². The lowest BCUT2D eigenvalue weighted by molar-refractivity contribution is -0.113. The molecule has 9 heteroatoms. The number of ether oxygens (including phenoxy) is 2. The van der Waals surface area contributed by atoms with Crippen LogP contribution in [0.3, 0.4) is 0 Å². The number of rotatable bonds is 7. The van der Waals surface area contributed by atoms with Gasteiger partial charge in [0.05, 0.1) is 18.4 Å². The number of anilines is 2. The summed E-state index contributed by atoms with van der Waals surface area (Å²) in [4.78, 5) is 13.5. The van der Waals surface area contributed by atoms with Crippen molar-refractivity contribution in [3.63, 3.8) is 0 Å². The first-order chi connectivity index (χ1) is 17.5. The summed E-state index contributed by atoms with van der Waals surface area (Å²) >= 11 is 0. The van der Waals surface area contributed by atoms with E-state index in [0.717, 1.165) is 16.9 Å². The van der Waals surface area contributed by atoms with Crippen LogP contribution in [0.5, 0.6) is 11.5 Å². The van der Waals surface area contributed by atoms with Crippen LogP contribution in [-0.4, -0.2) is 33.2 Å². The molecule has 2 heterocycles. The Morgan fingerprint density at radius 1 is 1.03 bits per heavy atom. The number of hydrogen-bond donors (Lipinski definition) is 2.